The van der Waals surface area contributed by atoms with E-state index in [1.54, 1.807) is 0 Å². The summed E-state index contributed by atoms with van der Waals surface area (Å²) in [6.07, 6.45) is 2.46. The Hall–Kier alpha value is -1.06. The molecule has 3 nitrogen and oxygen atoms in total. The van der Waals surface area contributed by atoms with Crippen LogP contribution in [0.25, 0.3) is 0 Å². The van der Waals surface area contributed by atoms with Gasteiger partial charge in [0, 0.05) is 19.2 Å². The molecule has 4 heteroatoms. The summed E-state index contributed by atoms with van der Waals surface area (Å²) in [5, 5.41) is 6.23. The lowest BCUT2D eigenvalue weighted by molar-refractivity contribution is -0.114. The van der Waals surface area contributed by atoms with Crippen LogP contribution in [0.3, 0.4) is 0 Å². The van der Waals surface area contributed by atoms with Gasteiger partial charge >= 0.3 is 0 Å². The maximum Gasteiger partial charge on any atom is 0.221 e. The number of halogens is 1. The lowest BCUT2D eigenvalue weighted by atomic mass is 9.91. The van der Waals surface area contributed by atoms with E-state index in [4.69, 9.17) is 0 Å². The van der Waals surface area contributed by atoms with Gasteiger partial charge in [-0.2, -0.15) is 0 Å². The van der Waals surface area contributed by atoms with Crippen LogP contribution in [-0.2, 0) is 4.79 Å². The molecule has 0 aromatic heterocycles. The van der Waals surface area contributed by atoms with Gasteiger partial charge < -0.3 is 10.6 Å². The molecule has 1 saturated heterocycles. The Kier molecular flexibility index (Phi) is 5.45. The lowest BCUT2D eigenvalue weighted by Crippen LogP contribution is -2.28. The molecule has 1 heterocycles. The molecule has 1 aliphatic heterocycles. The maximum absolute atomic E-state index is 11.0. The van der Waals surface area contributed by atoms with Gasteiger partial charge in [0.2, 0.25) is 5.91 Å². The molecule has 0 radical (unpaired) electrons. The Balaban J connectivity index is 0.00000144. The third-order valence-electron chi connectivity index (χ3n) is 2.98. The zero-order valence-corrected chi connectivity index (χ0v) is 10.8. The minimum atomic E-state index is -0.0149. The number of rotatable bonds is 2. The summed E-state index contributed by atoms with van der Waals surface area (Å²) >= 11 is 0. The number of hydrogen-bond donors (Lipinski definition) is 2. The first-order valence-corrected chi connectivity index (χ1v) is 5.84. The number of hydrogen-bond acceptors (Lipinski definition) is 2. The fourth-order valence-corrected chi connectivity index (χ4v) is 2.21. The summed E-state index contributed by atoms with van der Waals surface area (Å²) in [6, 6.07) is 8.17. The number of amides is 1. The van der Waals surface area contributed by atoms with Crippen molar-refractivity contribution in [2.45, 2.75) is 25.7 Å². The smallest absolute Gasteiger partial charge is 0.221 e. The molecular formula is C13H19ClN2O. The van der Waals surface area contributed by atoms with Gasteiger partial charge in [-0.05, 0) is 43.0 Å². The number of carbonyl (C=O) groups excluding carboxylic acids is 1. The highest BCUT2D eigenvalue weighted by Gasteiger charge is 2.15. The average Bonchev–Trinajstić information content (AvgIpc) is 2.30. The molecule has 94 valence electrons. The second kappa shape index (κ2) is 6.62. The van der Waals surface area contributed by atoms with Crippen LogP contribution in [0.4, 0.5) is 5.69 Å². The second-order valence-electron chi connectivity index (χ2n) is 4.35. The highest BCUT2D eigenvalue weighted by molar-refractivity contribution is 5.88. The molecule has 1 fully saturated rings. The quantitative estimate of drug-likeness (QED) is 0.852. The minimum Gasteiger partial charge on any atom is -0.326 e. The van der Waals surface area contributed by atoms with Crippen molar-refractivity contribution in [3.63, 3.8) is 0 Å². The Morgan fingerprint density at radius 1 is 1.47 bits per heavy atom. The molecule has 0 spiro atoms. The Bertz CT molecular complexity index is 375. The predicted molar refractivity (Wildman–Crippen MR) is 72.8 cm³/mol. The Morgan fingerprint density at radius 3 is 2.94 bits per heavy atom. The molecule has 2 N–H and O–H groups in total. The van der Waals surface area contributed by atoms with Crippen LogP contribution in [0.15, 0.2) is 24.3 Å². The first-order chi connectivity index (χ1) is 7.75. The number of anilines is 1. The Morgan fingerprint density at radius 2 is 2.29 bits per heavy atom. The van der Waals surface area contributed by atoms with Gasteiger partial charge in [0.1, 0.15) is 0 Å². The lowest BCUT2D eigenvalue weighted by Gasteiger charge is -2.23. The van der Waals surface area contributed by atoms with E-state index in [1.165, 1.54) is 25.3 Å². The van der Waals surface area contributed by atoms with E-state index in [-0.39, 0.29) is 18.3 Å². The van der Waals surface area contributed by atoms with Crippen LogP contribution >= 0.6 is 12.4 Å². The van der Waals surface area contributed by atoms with Gasteiger partial charge in [-0.25, -0.2) is 0 Å². The van der Waals surface area contributed by atoms with E-state index in [0.717, 1.165) is 18.8 Å². The zero-order valence-electron chi connectivity index (χ0n) is 10.0. The topological polar surface area (TPSA) is 41.1 Å². The molecule has 1 unspecified atom stereocenters. The van der Waals surface area contributed by atoms with Gasteiger partial charge in [0.05, 0.1) is 0 Å². The van der Waals surface area contributed by atoms with E-state index < -0.39 is 0 Å². The third kappa shape index (κ3) is 4.02. The summed E-state index contributed by atoms with van der Waals surface area (Å²) in [5.41, 5.74) is 2.22. The number of carbonyl (C=O) groups is 1. The van der Waals surface area contributed by atoms with Crippen LogP contribution in [-0.4, -0.2) is 19.0 Å². The summed E-state index contributed by atoms with van der Waals surface area (Å²) in [4.78, 5) is 11.0. The van der Waals surface area contributed by atoms with E-state index >= 15 is 0 Å². The van der Waals surface area contributed by atoms with Crippen LogP contribution in [0.5, 0.6) is 0 Å². The van der Waals surface area contributed by atoms with Crippen molar-refractivity contribution in [2.75, 3.05) is 18.4 Å². The van der Waals surface area contributed by atoms with Gasteiger partial charge in [-0.1, -0.05) is 12.1 Å². The van der Waals surface area contributed by atoms with Gasteiger partial charge in [0.25, 0.3) is 0 Å². The highest BCUT2D eigenvalue weighted by Crippen LogP contribution is 2.25. The van der Waals surface area contributed by atoms with Crippen molar-refractivity contribution in [3.8, 4) is 0 Å². The van der Waals surface area contributed by atoms with E-state index in [1.807, 2.05) is 12.1 Å². The fourth-order valence-electron chi connectivity index (χ4n) is 2.21. The molecule has 2 rings (SSSR count). The molecule has 1 aromatic rings. The maximum atomic E-state index is 11.0. The predicted octanol–water partition coefficient (Wildman–Crippen LogP) is 2.53. The fraction of sp³-hybridized carbons (Fsp3) is 0.462. The molecule has 1 amide bonds. The van der Waals surface area contributed by atoms with Crippen molar-refractivity contribution < 1.29 is 4.79 Å². The summed E-state index contributed by atoms with van der Waals surface area (Å²) in [7, 11) is 0. The average molecular weight is 255 g/mol. The molecule has 0 bridgehead atoms. The monoisotopic (exact) mass is 254 g/mol. The summed E-state index contributed by atoms with van der Waals surface area (Å²) in [6.45, 7) is 3.71. The SMILES string of the molecule is CC(=O)Nc1cccc(C2CCCNC2)c1.Cl. The van der Waals surface area contributed by atoms with Crippen LogP contribution < -0.4 is 10.6 Å². The van der Waals surface area contributed by atoms with Crippen molar-refractivity contribution in [2.24, 2.45) is 0 Å². The zero-order chi connectivity index (χ0) is 11.4. The Labute approximate surface area is 108 Å². The normalized spacial score (nSPS) is 19.2. The van der Waals surface area contributed by atoms with E-state index in [9.17, 15) is 4.79 Å². The number of benzene rings is 1. The first-order valence-electron chi connectivity index (χ1n) is 5.84. The van der Waals surface area contributed by atoms with E-state index in [0.29, 0.717) is 5.92 Å². The highest BCUT2D eigenvalue weighted by atomic mass is 35.5. The van der Waals surface area contributed by atoms with Crippen LogP contribution in [0.1, 0.15) is 31.2 Å². The van der Waals surface area contributed by atoms with Crippen molar-refractivity contribution in [1.29, 1.82) is 0 Å². The summed E-state index contributed by atoms with van der Waals surface area (Å²) < 4.78 is 0. The van der Waals surface area contributed by atoms with Crippen LogP contribution in [0.2, 0.25) is 0 Å². The molecule has 0 saturated carbocycles. The standard InChI is InChI=1S/C13H18N2O.ClH/c1-10(16)15-13-6-2-4-11(8-13)12-5-3-7-14-9-12;/h2,4,6,8,12,14H,3,5,7,9H2,1H3,(H,15,16);1H. The summed E-state index contributed by atoms with van der Waals surface area (Å²) in [5.74, 6) is 0.571. The largest absolute Gasteiger partial charge is 0.326 e. The van der Waals surface area contributed by atoms with E-state index in [2.05, 4.69) is 22.8 Å². The minimum absolute atomic E-state index is 0. The molecule has 1 aromatic carbocycles. The van der Waals surface area contributed by atoms with Crippen LogP contribution in [0, 0.1) is 0 Å². The van der Waals surface area contributed by atoms with Crippen molar-refractivity contribution >= 4 is 24.0 Å². The second-order valence-corrected chi connectivity index (χ2v) is 4.35. The molecule has 1 atom stereocenters. The molecule has 17 heavy (non-hydrogen) atoms. The van der Waals surface area contributed by atoms with Crippen molar-refractivity contribution in [3.05, 3.63) is 29.8 Å². The molecule has 1 aliphatic rings. The third-order valence-corrected chi connectivity index (χ3v) is 2.98. The van der Waals surface area contributed by atoms with Crippen molar-refractivity contribution in [1.82, 2.24) is 5.32 Å². The number of nitrogens with one attached hydrogen (secondary N) is 2. The van der Waals surface area contributed by atoms with Gasteiger partial charge in [0.15, 0.2) is 0 Å². The first kappa shape index (κ1) is 14.0. The van der Waals surface area contributed by atoms with Gasteiger partial charge in [-0.15, -0.1) is 12.4 Å². The van der Waals surface area contributed by atoms with Gasteiger partial charge in [-0.3, -0.25) is 4.79 Å². The number of piperidine rings is 1. The molecular weight excluding hydrogens is 236 g/mol. The molecule has 0 aliphatic carbocycles.